The second-order valence-corrected chi connectivity index (χ2v) is 11.0. The number of hydrogen-bond acceptors (Lipinski definition) is 3. The highest BCUT2D eigenvalue weighted by Crippen LogP contribution is 2.17. The van der Waals surface area contributed by atoms with Crippen molar-refractivity contribution >= 4 is 11.9 Å². The van der Waals surface area contributed by atoms with Gasteiger partial charge >= 0.3 is 11.9 Å². The van der Waals surface area contributed by atoms with Crippen molar-refractivity contribution < 1.29 is 19.4 Å². The van der Waals surface area contributed by atoms with Gasteiger partial charge in [0.1, 0.15) is 6.10 Å². The van der Waals surface area contributed by atoms with Gasteiger partial charge in [0.15, 0.2) is 0 Å². The van der Waals surface area contributed by atoms with Crippen LogP contribution in [0.15, 0.2) is 24.3 Å². The Labute approximate surface area is 236 Å². The van der Waals surface area contributed by atoms with E-state index in [-0.39, 0.29) is 18.5 Å². The van der Waals surface area contributed by atoms with Gasteiger partial charge in [-0.25, -0.2) is 0 Å². The summed E-state index contributed by atoms with van der Waals surface area (Å²) < 4.78 is 5.91. The van der Waals surface area contributed by atoms with Crippen LogP contribution in [-0.2, 0) is 14.3 Å². The van der Waals surface area contributed by atoms with Crippen LogP contribution in [0.5, 0.6) is 0 Å². The molecule has 0 spiro atoms. The van der Waals surface area contributed by atoms with Gasteiger partial charge < -0.3 is 9.84 Å². The number of unbranched alkanes of at least 4 members (excludes halogenated alkanes) is 16. The third-order valence-corrected chi connectivity index (χ3v) is 7.18. The number of carboxylic acids is 1. The summed E-state index contributed by atoms with van der Waals surface area (Å²) in [5.74, 6) is -0.735. The summed E-state index contributed by atoms with van der Waals surface area (Å²) in [4.78, 5) is 23.1. The summed E-state index contributed by atoms with van der Waals surface area (Å²) in [6.07, 6.45) is 36.1. The van der Waals surface area contributed by atoms with Gasteiger partial charge in [0.05, 0.1) is 0 Å². The average molecular weight is 535 g/mol. The molecule has 0 aliphatic carbocycles. The first-order valence-electron chi connectivity index (χ1n) is 16.3. The van der Waals surface area contributed by atoms with Gasteiger partial charge in [-0.15, -0.1) is 0 Å². The number of rotatable bonds is 29. The molecular weight excluding hydrogens is 472 g/mol. The summed E-state index contributed by atoms with van der Waals surface area (Å²) in [6.45, 7) is 4.49. The molecule has 0 aliphatic heterocycles. The Morgan fingerprint density at radius 1 is 0.579 bits per heavy atom. The van der Waals surface area contributed by atoms with E-state index in [1.165, 1.54) is 70.6 Å². The number of allylic oxidation sites excluding steroid dienone is 4. The molecule has 4 nitrogen and oxygen atoms in total. The topological polar surface area (TPSA) is 63.6 Å². The van der Waals surface area contributed by atoms with E-state index in [0.29, 0.717) is 6.42 Å². The van der Waals surface area contributed by atoms with Crippen molar-refractivity contribution in [3.63, 3.8) is 0 Å². The van der Waals surface area contributed by atoms with Crippen molar-refractivity contribution in [2.24, 2.45) is 0 Å². The first-order chi connectivity index (χ1) is 18.6. The Kier molecular flexibility index (Phi) is 28.7. The lowest BCUT2D eigenvalue weighted by molar-refractivity contribution is -0.150. The minimum absolute atomic E-state index is 0.0204. The van der Waals surface area contributed by atoms with Crippen molar-refractivity contribution in [2.45, 2.75) is 180 Å². The third kappa shape index (κ3) is 29.0. The summed E-state index contributed by atoms with van der Waals surface area (Å²) in [6, 6.07) is 0. The Morgan fingerprint density at radius 2 is 1.05 bits per heavy atom. The molecule has 1 unspecified atom stereocenters. The van der Waals surface area contributed by atoms with Crippen LogP contribution in [0, 0.1) is 0 Å². The number of esters is 1. The van der Waals surface area contributed by atoms with Crippen molar-refractivity contribution in [3.8, 4) is 0 Å². The Balaban J connectivity index is 4.17. The summed E-state index contributed by atoms with van der Waals surface area (Å²) in [5.41, 5.74) is 0. The molecule has 222 valence electrons. The number of carbonyl (C=O) groups is 2. The maximum atomic E-state index is 12.5. The van der Waals surface area contributed by atoms with Crippen molar-refractivity contribution in [3.05, 3.63) is 24.3 Å². The van der Waals surface area contributed by atoms with E-state index in [0.717, 1.165) is 77.0 Å². The lowest BCUT2D eigenvalue weighted by atomic mass is 10.0. The van der Waals surface area contributed by atoms with E-state index < -0.39 is 5.97 Å². The standard InChI is InChI=1S/C34H62O4/c1-3-5-7-9-11-12-13-14-15-16-18-20-24-28-32(29-25-21-19-22-26-30-33(35)36)38-34(37)31-27-23-17-10-8-6-4-2/h13-14,16,18,32H,3-12,15,17,19-31H2,1-2H3,(H,35,36)/b14-13-,18-16-. The lowest BCUT2D eigenvalue weighted by Crippen LogP contribution is -2.18. The van der Waals surface area contributed by atoms with Crippen molar-refractivity contribution in [1.82, 2.24) is 0 Å². The zero-order valence-corrected chi connectivity index (χ0v) is 25.2. The van der Waals surface area contributed by atoms with E-state index in [4.69, 9.17) is 9.84 Å². The Hall–Kier alpha value is -1.58. The minimum atomic E-state index is -0.708. The van der Waals surface area contributed by atoms with E-state index >= 15 is 0 Å². The first kappa shape index (κ1) is 36.4. The molecule has 0 aliphatic rings. The van der Waals surface area contributed by atoms with Gasteiger partial charge in [-0.1, -0.05) is 122 Å². The molecule has 0 saturated heterocycles. The molecule has 0 rings (SSSR count). The quantitative estimate of drug-likeness (QED) is 0.0589. The molecule has 0 bridgehead atoms. The van der Waals surface area contributed by atoms with E-state index in [1.54, 1.807) is 0 Å². The second kappa shape index (κ2) is 30.0. The molecule has 0 heterocycles. The van der Waals surface area contributed by atoms with Crippen LogP contribution >= 0.6 is 0 Å². The van der Waals surface area contributed by atoms with Gasteiger partial charge in [-0.3, -0.25) is 9.59 Å². The van der Waals surface area contributed by atoms with E-state index in [1.807, 2.05) is 0 Å². The molecule has 0 amide bonds. The largest absolute Gasteiger partial charge is 0.481 e. The molecular formula is C34H62O4. The number of aliphatic carboxylic acids is 1. The van der Waals surface area contributed by atoms with Gasteiger partial charge in [-0.05, 0) is 64.2 Å². The van der Waals surface area contributed by atoms with Gasteiger partial charge in [0, 0.05) is 12.8 Å². The van der Waals surface area contributed by atoms with Crippen molar-refractivity contribution in [2.75, 3.05) is 0 Å². The van der Waals surface area contributed by atoms with Crippen LogP contribution in [0.25, 0.3) is 0 Å². The fourth-order valence-electron chi connectivity index (χ4n) is 4.75. The number of ether oxygens (including phenoxy) is 1. The Morgan fingerprint density at radius 3 is 1.66 bits per heavy atom. The second-order valence-electron chi connectivity index (χ2n) is 11.0. The van der Waals surface area contributed by atoms with Crippen LogP contribution in [0.1, 0.15) is 174 Å². The molecule has 0 fully saturated rings. The molecule has 1 atom stereocenters. The molecule has 4 heteroatoms. The van der Waals surface area contributed by atoms with Crippen LogP contribution in [0.4, 0.5) is 0 Å². The molecule has 0 aromatic carbocycles. The van der Waals surface area contributed by atoms with Gasteiger partial charge in [-0.2, -0.15) is 0 Å². The molecule has 0 saturated carbocycles. The third-order valence-electron chi connectivity index (χ3n) is 7.18. The minimum Gasteiger partial charge on any atom is -0.481 e. The summed E-state index contributed by atoms with van der Waals surface area (Å²) in [7, 11) is 0. The molecule has 0 aromatic heterocycles. The van der Waals surface area contributed by atoms with Gasteiger partial charge in [0.25, 0.3) is 0 Å². The zero-order valence-electron chi connectivity index (χ0n) is 25.2. The lowest BCUT2D eigenvalue weighted by Gasteiger charge is -2.18. The van der Waals surface area contributed by atoms with E-state index in [2.05, 4.69) is 38.2 Å². The molecule has 1 N–H and O–H groups in total. The predicted molar refractivity (Wildman–Crippen MR) is 163 cm³/mol. The molecule has 0 radical (unpaired) electrons. The smallest absolute Gasteiger partial charge is 0.306 e. The first-order valence-corrected chi connectivity index (χ1v) is 16.3. The normalized spacial score (nSPS) is 12.5. The zero-order chi connectivity index (χ0) is 27.9. The number of carbonyl (C=O) groups excluding carboxylic acids is 1. The highest BCUT2D eigenvalue weighted by atomic mass is 16.5. The SMILES string of the molecule is CCCCCCC/C=C\C/C=C\CCCC(CCCCCCCC(=O)O)OC(=O)CCCCCCCCC. The van der Waals surface area contributed by atoms with Crippen molar-refractivity contribution in [1.29, 1.82) is 0 Å². The highest BCUT2D eigenvalue weighted by molar-refractivity contribution is 5.69. The Bertz CT molecular complexity index is 581. The van der Waals surface area contributed by atoms with Crippen LogP contribution < -0.4 is 0 Å². The van der Waals surface area contributed by atoms with E-state index in [9.17, 15) is 9.59 Å². The predicted octanol–water partition coefficient (Wildman–Crippen LogP) is 10.9. The van der Waals surface area contributed by atoms with Crippen LogP contribution in [0.3, 0.4) is 0 Å². The maximum Gasteiger partial charge on any atom is 0.306 e. The highest BCUT2D eigenvalue weighted by Gasteiger charge is 2.14. The van der Waals surface area contributed by atoms with Crippen LogP contribution in [-0.4, -0.2) is 23.1 Å². The molecule has 38 heavy (non-hydrogen) atoms. The summed E-state index contributed by atoms with van der Waals surface area (Å²) >= 11 is 0. The molecule has 0 aromatic rings. The fourth-order valence-corrected chi connectivity index (χ4v) is 4.75. The summed E-state index contributed by atoms with van der Waals surface area (Å²) in [5, 5.41) is 8.76. The fraction of sp³-hybridized carbons (Fsp3) is 0.824. The monoisotopic (exact) mass is 534 g/mol. The number of hydrogen-bond donors (Lipinski definition) is 1. The number of carboxylic acid groups (broad SMARTS) is 1. The average Bonchev–Trinajstić information content (AvgIpc) is 2.89. The van der Waals surface area contributed by atoms with Gasteiger partial charge in [0.2, 0.25) is 0 Å². The van der Waals surface area contributed by atoms with Crippen LogP contribution in [0.2, 0.25) is 0 Å². The maximum absolute atomic E-state index is 12.5.